The molecule has 0 saturated heterocycles. The summed E-state index contributed by atoms with van der Waals surface area (Å²) in [4.78, 5) is 1.10. The van der Waals surface area contributed by atoms with Gasteiger partial charge in [-0.15, -0.1) is 11.3 Å². The maximum Gasteiger partial charge on any atom is 0.245 e. The second kappa shape index (κ2) is 9.02. The third-order valence-corrected chi connectivity index (χ3v) is 8.28. The highest BCUT2D eigenvalue weighted by molar-refractivity contribution is 7.89. The van der Waals surface area contributed by atoms with Gasteiger partial charge in [0.1, 0.15) is 10.6 Å². The fraction of sp³-hybridized carbons (Fsp3) is 0.240. The molecule has 4 aromatic rings. The minimum absolute atomic E-state index is 0.240. The van der Waals surface area contributed by atoms with Gasteiger partial charge in [0.15, 0.2) is 0 Å². The van der Waals surface area contributed by atoms with E-state index in [4.69, 9.17) is 5.10 Å². The van der Waals surface area contributed by atoms with Gasteiger partial charge in [-0.2, -0.15) is 9.82 Å². The minimum atomic E-state index is -3.85. The molecule has 0 spiro atoms. The zero-order valence-electron chi connectivity index (χ0n) is 17.6. The third kappa shape index (κ3) is 4.28. The second-order valence-electron chi connectivity index (χ2n) is 8.11. The molecule has 5 rings (SSSR count). The number of benzene rings is 2. The maximum atomic E-state index is 13.8. The quantitative estimate of drug-likeness (QED) is 0.377. The van der Waals surface area contributed by atoms with Crippen molar-refractivity contribution in [3.05, 3.63) is 95.5 Å². The van der Waals surface area contributed by atoms with Crippen molar-refractivity contribution in [2.24, 2.45) is 0 Å². The van der Waals surface area contributed by atoms with Crippen LogP contribution in [-0.4, -0.2) is 18.2 Å². The Morgan fingerprint density at radius 1 is 0.906 bits per heavy atom. The third-order valence-electron chi connectivity index (χ3n) is 5.98. The number of nitrogens with one attached hydrogen (secondary N) is 1. The van der Waals surface area contributed by atoms with Crippen LogP contribution in [0.25, 0.3) is 10.6 Å². The number of nitrogens with zero attached hydrogens (tertiary/aromatic N) is 2. The van der Waals surface area contributed by atoms with Crippen LogP contribution in [0.5, 0.6) is 0 Å². The molecule has 2 aromatic heterocycles. The molecule has 32 heavy (non-hydrogen) atoms. The number of sulfonamides is 1. The van der Waals surface area contributed by atoms with E-state index in [0.29, 0.717) is 5.69 Å². The van der Waals surface area contributed by atoms with E-state index in [-0.39, 0.29) is 10.9 Å². The molecule has 1 N–H and O–H groups in total. The average Bonchev–Trinajstić information content (AvgIpc) is 3.59. The lowest BCUT2D eigenvalue weighted by atomic mass is 10.00. The van der Waals surface area contributed by atoms with Gasteiger partial charge < -0.3 is 0 Å². The SMILES string of the molecule is O=S(=O)(NC(c1ccccc1)c1ccccc1)c1cn(C2CCCC2)nc1-c1cccs1. The van der Waals surface area contributed by atoms with Gasteiger partial charge in [-0.1, -0.05) is 79.6 Å². The minimum Gasteiger partial charge on any atom is -0.268 e. The largest absolute Gasteiger partial charge is 0.268 e. The lowest BCUT2D eigenvalue weighted by Crippen LogP contribution is -2.29. The van der Waals surface area contributed by atoms with Crippen LogP contribution in [-0.2, 0) is 10.0 Å². The number of rotatable bonds is 7. The summed E-state index contributed by atoms with van der Waals surface area (Å²) in [6, 6.07) is 23.0. The summed E-state index contributed by atoms with van der Waals surface area (Å²) in [6.45, 7) is 0. The fourth-order valence-electron chi connectivity index (χ4n) is 4.35. The zero-order valence-corrected chi connectivity index (χ0v) is 19.2. The van der Waals surface area contributed by atoms with Crippen LogP contribution in [0.3, 0.4) is 0 Å². The molecule has 164 valence electrons. The highest BCUT2D eigenvalue weighted by atomic mass is 32.2. The van der Waals surface area contributed by atoms with E-state index in [1.807, 2.05) is 82.9 Å². The van der Waals surface area contributed by atoms with Crippen molar-refractivity contribution in [3.8, 4) is 10.6 Å². The molecule has 0 unspecified atom stereocenters. The number of hydrogen-bond donors (Lipinski definition) is 1. The second-order valence-corrected chi connectivity index (χ2v) is 10.7. The topological polar surface area (TPSA) is 64.0 Å². The summed E-state index contributed by atoms with van der Waals surface area (Å²) in [5, 5.41) is 6.71. The molecule has 0 bridgehead atoms. The summed E-state index contributed by atoms with van der Waals surface area (Å²) in [6.07, 6.45) is 6.11. The molecule has 1 fully saturated rings. The maximum absolute atomic E-state index is 13.8. The molecular weight excluding hydrogens is 438 g/mol. The van der Waals surface area contributed by atoms with Crippen molar-refractivity contribution >= 4 is 21.4 Å². The first-order valence-corrected chi connectivity index (χ1v) is 13.2. The van der Waals surface area contributed by atoms with Crippen molar-refractivity contribution in [1.29, 1.82) is 0 Å². The monoisotopic (exact) mass is 463 g/mol. The van der Waals surface area contributed by atoms with Crippen molar-refractivity contribution in [3.63, 3.8) is 0 Å². The van der Waals surface area contributed by atoms with Crippen molar-refractivity contribution in [1.82, 2.24) is 14.5 Å². The predicted octanol–water partition coefficient (Wildman–Crippen LogP) is 5.79. The molecule has 1 aliphatic carbocycles. The summed E-state index contributed by atoms with van der Waals surface area (Å²) in [5.74, 6) is 0. The van der Waals surface area contributed by atoms with E-state index >= 15 is 0 Å². The molecule has 1 aliphatic rings. The molecule has 0 atom stereocenters. The first kappa shape index (κ1) is 21.1. The summed E-state index contributed by atoms with van der Waals surface area (Å²) in [5.41, 5.74) is 2.31. The molecule has 7 heteroatoms. The van der Waals surface area contributed by atoms with Crippen molar-refractivity contribution < 1.29 is 8.42 Å². The average molecular weight is 464 g/mol. The van der Waals surface area contributed by atoms with E-state index in [1.54, 1.807) is 6.20 Å². The van der Waals surface area contributed by atoms with Crippen molar-refractivity contribution in [2.45, 2.75) is 42.7 Å². The van der Waals surface area contributed by atoms with Crippen LogP contribution >= 0.6 is 11.3 Å². The Kier molecular flexibility index (Phi) is 5.95. The lowest BCUT2D eigenvalue weighted by molar-refractivity contribution is 0.467. The molecule has 2 aromatic carbocycles. The summed E-state index contributed by atoms with van der Waals surface area (Å²) < 4.78 is 32.4. The molecule has 0 aliphatic heterocycles. The first-order chi connectivity index (χ1) is 15.6. The Balaban J connectivity index is 1.57. The number of aromatic nitrogens is 2. The summed E-state index contributed by atoms with van der Waals surface area (Å²) >= 11 is 1.51. The van der Waals surface area contributed by atoms with Crippen molar-refractivity contribution in [2.75, 3.05) is 0 Å². The number of hydrogen-bond acceptors (Lipinski definition) is 4. The highest BCUT2D eigenvalue weighted by Crippen LogP contribution is 2.35. The Bertz CT molecular complexity index is 1220. The van der Waals surface area contributed by atoms with E-state index in [1.165, 1.54) is 11.3 Å². The van der Waals surface area contributed by atoms with Crippen LogP contribution < -0.4 is 4.72 Å². The van der Waals surface area contributed by atoms with Gasteiger partial charge in [0, 0.05) is 6.20 Å². The smallest absolute Gasteiger partial charge is 0.245 e. The van der Waals surface area contributed by atoms with E-state index in [2.05, 4.69) is 4.72 Å². The normalized spacial score (nSPS) is 14.9. The Labute approximate surface area is 192 Å². The lowest BCUT2D eigenvalue weighted by Gasteiger charge is -2.19. The summed E-state index contributed by atoms with van der Waals surface area (Å²) in [7, 11) is -3.85. The Morgan fingerprint density at radius 2 is 1.53 bits per heavy atom. The first-order valence-electron chi connectivity index (χ1n) is 10.9. The van der Waals surface area contributed by atoms with Gasteiger partial charge in [-0.25, -0.2) is 8.42 Å². The van der Waals surface area contributed by atoms with Crippen LogP contribution in [0.2, 0.25) is 0 Å². The van der Waals surface area contributed by atoms with Crippen LogP contribution in [0.1, 0.15) is 48.9 Å². The molecule has 0 radical (unpaired) electrons. The molecule has 2 heterocycles. The van der Waals surface area contributed by atoms with Gasteiger partial charge >= 0.3 is 0 Å². The van der Waals surface area contributed by atoms with Crippen LogP contribution in [0, 0.1) is 0 Å². The zero-order chi connectivity index (χ0) is 22.0. The van der Waals surface area contributed by atoms with Crippen LogP contribution in [0.15, 0.2) is 89.3 Å². The van der Waals surface area contributed by atoms with Gasteiger partial charge in [0.25, 0.3) is 0 Å². The highest BCUT2D eigenvalue weighted by Gasteiger charge is 2.30. The molecule has 1 saturated carbocycles. The van der Waals surface area contributed by atoms with Gasteiger partial charge in [-0.3, -0.25) is 4.68 Å². The molecule has 5 nitrogen and oxygen atoms in total. The van der Waals surface area contributed by atoms with Gasteiger partial charge in [0.05, 0.1) is 17.0 Å². The Morgan fingerprint density at radius 3 is 2.09 bits per heavy atom. The standard InChI is InChI=1S/C25H25N3O2S2/c29-32(30,27-24(19-10-3-1-4-11-19)20-12-5-2-6-13-20)23-18-28(21-14-7-8-15-21)26-25(23)22-16-9-17-31-22/h1-6,9-13,16-18,21,24,27H,7-8,14-15H2. The van der Waals surface area contributed by atoms with Gasteiger partial charge in [0.2, 0.25) is 10.0 Å². The number of thiophene rings is 1. The van der Waals surface area contributed by atoms with E-state index in [0.717, 1.165) is 41.7 Å². The van der Waals surface area contributed by atoms with E-state index < -0.39 is 16.1 Å². The fourth-order valence-corrected chi connectivity index (χ4v) is 6.50. The van der Waals surface area contributed by atoms with Gasteiger partial charge in [-0.05, 0) is 35.4 Å². The Hall–Kier alpha value is -2.74. The van der Waals surface area contributed by atoms with Crippen LogP contribution in [0.4, 0.5) is 0 Å². The van der Waals surface area contributed by atoms with E-state index in [9.17, 15) is 8.42 Å². The molecule has 0 amide bonds. The predicted molar refractivity (Wildman–Crippen MR) is 128 cm³/mol. The molecular formula is C25H25N3O2S2.